The summed E-state index contributed by atoms with van der Waals surface area (Å²) in [6, 6.07) is 2.89. The third-order valence-electron chi connectivity index (χ3n) is 3.73. The Hall–Kier alpha value is -1.11. The average molecular weight is 288 g/mol. The predicted octanol–water partition coefficient (Wildman–Crippen LogP) is 1.71. The van der Waals surface area contributed by atoms with Crippen molar-refractivity contribution < 1.29 is 18.3 Å². The van der Waals surface area contributed by atoms with E-state index in [1.54, 1.807) is 4.90 Å². The summed E-state index contributed by atoms with van der Waals surface area (Å²) in [6.45, 7) is 2.33. The van der Waals surface area contributed by atoms with Crippen molar-refractivity contribution in [3.8, 4) is 0 Å². The van der Waals surface area contributed by atoms with E-state index in [0.29, 0.717) is 26.2 Å². The largest absolute Gasteiger partial charge is 0.390 e. The number of nitrogens with zero attached hydrogens (tertiary/aromatic N) is 1. The number of rotatable bonds is 4. The normalized spacial score (nSPS) is 19.1. The quantitative estimate of drug-likeness (QED) is 0.885. The summed E-state index contributed by atoms with van der Waals surface area (Å²) in [5, 5.41) is 12.1. The molecule has 3 nitrogen and oxygen atoms in total. The zero-order chi connectivity index (χ0) is 14.8. The van der Waals surface area contributed by atoms with E-state index in [4.69, 9.17) is 5.11 Å². The number of piperazine rings is 1. The van der Waals surface area contributed by atoms with E-state index in [9.17, 15) is 13.2 Å². The van der Waals surface area contributed by atoms with Gasteiger partial charge in [0.1, 0.15) is 18.5 Å². The van der Waals surface area contributed by atoms with Crippen molar-refractivity contribution in [1.82, 2.24) is 10.2 Å². The molecule has 1 heterocycles. The molecule has 0 aliphatic carbocycles. The molecule has 0 bridgehead atoms. The molecule has 0 unspecified atom stereocenters. The highest BCUT2D eigenvalue weighted by Gasteiger charge is 2.44. The van der Waals surface area contributed by atoms with Crippen molar-refractivity contribution in [2.75, 3.05) is 32.8 Å². The van der Waals surface area contributed by atoms with Gasteiger partial charge in [-0.05, 0) is 24.1 Å². The lowest BCUT2D eigenvalue weighted by Gasteiger charge is -2.39. The smallest absolute Gasteiger partial charge is 0.289 e. The van der Waals surface area contributed by atoms with Crippen molar-refractivity contribution in [2.24, 2.45) is 0 Å². The Balaban J connectivity index is 2.42. The van der Waals surface area contributed by atoms with Crippen LogP contribution in [0.25, 0.3) is 0 Å². The van der Waals surface area contributed by atoms with E-state index in [0.717, 1.165) is 0 Å². The van der Waals surface area contributed by atoms with Gasteiger partial charge in [-0.2, -0.15) is 0 Å². The molecule has 20 heavy (non-hydrogen) atoms. The lowest BCUT2D eigenvalue weighted by molar-refractivity contribution is -0.118. The van der Waals surface area contributed by atoms with Gasteiger partial charge >= 0.3 is 0 Å². The van der Waals surface area contributed by atoms with Crippen LogP contribution in [0, 0.1) is 12.7 Å². The number of aliphatic hydroxyl groups excluding tert-OH is 1. The monoisotopic (exact) mass is 288 g/mol. The van der Waals surface area contributed by atoms with Gasteiger partial charge < -0.3 is 10.4 Å². The van der Waals surface area contributed by atoms with Crippen LogP contribution in [0.1, 0.15) is 17.2 Å². The van der Waals surface area contributed by atoms with Crippen LogP contribution in [-0.2, 0) is 0 Å². The third-order valence-corrected chi connectivity index (χ3v) is 3.73. The minimum atomic E-state index is -3.31. The van der Waals surface area contributed by atoms with E-state index in [-0.39, 0.29) is 11.1 Å². The lowest BCUT2D eigenvalue weighted by atomic mass is 9.94. The topological polar surface area (TPSA) is 35.5 Å². The van der Waals surface area contributed by atoms with Gasteiger partial charge in [-0.1, -0.05) is 12.1 Å². The molecule has 0 spiro atoms. The van der Waals surface area contributed by atoms with Crippen molar-refractivity contribution in [2.45, 2.75) is 18.9 Å². The molecule has 2 N–H and O–H groups in total. The Morgan fingerprint density at radius 1 is 1.35 bits per heavy atom. The number of hydrogen-bond donors (Lipinski definition) is 2. The second kappa shape index (κ2) is 6.11. The molecule has 1 aromatic carbocycles. The van der Waals surface area contributed by atoms with E-state index in [1.807, 2.05) is 0 Å². The van der Waals surface area contributed by atoms with Crippen LogP contribution in [-0.4, -0.2) is 48.7 Å². The van der Waals surface area contributed by atoms with Crippen molar-refractivity contribution >= 4 is 0 Å². The number of nitrogens with one attached hydrogen (secondary N) is 1. The Bertz CT molecular complexity index is 462. The molecule has 6 heteroatoms. The van der Waals surface area contributed by atoms with Gasteiger partial charge in [-0.3, -0.25) is 4.90 Å². The van der Waals surface area contributed by atoms with Gasteiger partial charge in [0.2, 0.25) is 0 Å². The Morgan fingerprint density at radius 3 is 2.60 bits per heavy atom. The first-order valence-electron chi connectivity index (χ1n) is 6.66. The van der Waals surface area contributed by atoms with Crippen molar-refractivity contribution in [3.63, 3.8) is 0 Å². The molecular weight excluding hydrogens is 269 g/mol. The fourth-order valence-corrected chi connectivity index (χ4v) is 2.64. The number of aliphatic hydroxyl groups is 1. The second-order valence-electron chi connectivity index (χ2n) is 5.06. The molecule has 112 valence electrons. The second-order valence-corrected chi connectivity index (χ2v) is 5.06. The molecule has 1 saturated heterocycles. The molecule has 0 aromatic heterocycles. The highest BCUT2D eigenvalue weighted by atomic mass is 19.3. The zero-order valence-electron chi connectivity index (χ0n) is 11.4. The Labute approximate surface area is 116 Å². The Kier molecular flexibility index (Phi) is 4.67. The molecular formula is C14H19F3N2O. The molecule has 1 aromatic rings. The summed E-state index contributed by atoms with van der Waals surface area (Å²) >= 11 is 0. The van der Waals surface area contributed by atoms with Gasteiger partial charge in [0.15, 0.2) is 0 Å². The van der Waals surface area contributed by atoms with Gasteiger partial charge in [-0.25, -0.2) is 13.2 Å². The first-order valence-corrected chi connectivity index (χ1v) is 6.66. The maximum absolute atomic E-state index is 14.2. The average Bonchev–Trinajstić information content (AvgIpc) is 2.45. The molecule has 1 atom stereocenters. The standard InChI is InChI=1S/C14H19F3N2O/c1-10-11(3-2-4-12(10)15)13(14(16,17)9-20)19-7-5-18-6-8-19/h2-4,13,18,20H,5-9H2,1H3/t13-/m0/s1. The molecule has 2 rings (SSSR count). The minimum absolute atomic E-state index is 0.212. The SMILES string of the molecule is Cc1c(F)cccc1[C@H](N1CCNCC1)C(F)(F)CO. The molecule has 0 radical (unpaired) electrons. The first-order chi connectivity index (χ1) is 9.47. The van der Waals surface area contributed by atoms with E-state index in [2.05, 4.69) is 5.32 Å². The van der Waals surface area contributed by atoms with E-state index in [1.165, 1.54) is 25.1 Å². The maximum Gasteiger partial charge on any atom is 0.289 e. The van der Waals surface area contributed by atoms with Crippen LogP contribution in [0.5, 0.6) is 0 Å². The summed E-state index contributed by atoms with van der Waals surface area (Å²) in [5.74, 6) is -3.81. The first kappa shape index (κ1) is 15.3. The summed E-state index contributed by atoms with van der Waals surface area (Å²) < 4.78 is 42.0. The van der Waals surface area contributed by atoms with E-state index >= 15 is 0 Å². The van der Waals surface area contributed by atoms with E-state index < -0.39 is 24.4 Å². The summed E-state index contributed by atoms with van der Waals surface area (Å²) in [5.41, 5.74) is 0.454. The number of hydrogen-bond acceptors (Lipinski definition) is 3. The maximum atomic E-state index is 14.2. The van der Waals surface area contributed by atoms with Crippen LogP contribution in [0.15, 0.2) is 18.2 Å². The fourth-order valence-electron chi connectivity index (χ4n) is 2.64. The van der Waals surface area contributed by atoms with Gasteiger partial charge in [-0.15, -0.1) is 0 Å². The number of halogens is 3. The molecule has 1 fully saturated rings. The molecule has 1 aliphatic heterocycles. The van der Waals surface area contributed by atoms with Crippen molar-refractivity contribution in [3.05, 3.63) is 35.1 Å². The molecule has 0 saturated carbocycles. The van der Waals surface area contributed by atoms with Crippen LogP contribution in [0.4, 0.5) is 13.2 Å². The Morgan fingerprint density at radius 2 is 2.00 bits per heavy atom. The van der Waals surface area contributed by atoms with Crippen LogP contribution < -0.4 is 5.32 Å². The minimum Gasteiger partial charge on any atom is -0.390 e. The summed E-state index contributed by atoms with van der Waals surface area (Å²) in [6.07, 6.45) is 0. The molecule has 0 amide bonds. The lowest BCUT2D eigenvalue weighted by Crippen LogP contribution is -2.51. The van der Waals surface area contributed by atoms with Crippen LogP contribution in [0.2, 0.25) is 0 Å². The van der Waals surface area contributed by atoms with Gasteiger partial charge in [0, 0.05) is 26.2 Å². The number of benzene rings is 1. The molecule has 1 aliphatic rings. The highest BCUT2D eigenvalue weighted by molar-refractivity contribution is 5.32. The highest BCUT2D eigenvalue weighted by Crippen LogP contribution is 2.38. The van der Waals surface area contributed by atoms with Gasteiger partial charge in [0.25, 0.3) is 5.92 Å². The van der Waals surface area contributed by atoms with Crippen LogP contribution in [0.3, 0.4) is 0 Å². The van der Waals surface area contributed by atoms with Crippen molar-refractivity contribution in [1.29, 1.82) is 0 Å². The summed E-state index contributed by atoms with van der Waals surface area (Å²) in [4.78, 5) is 1.61. The summed E-state index contributed by atoms with van der Waals surface area (Å²) in [7, 11) is 0. The van der Waals surface area contributed by atoms with Crippen LogP contribution >= 0.6 is 0 Å². The zero-order valence-corrected chi connectivity index (χ0v) is 11.4. The third kappa shape index (κ3) is 2.97. The number of alkyl halides is 2. The fraction of sp³-hybridized carbons (Fsp3) is 0.571. The van der Waals surface area contributed by atoms with Gasteiger partial charge in [0.05, 0.1) is 0 Å². The predicted molar refractivity (Wildman–Crippen MR) is 70.4 cm³/mol.